The summed E-state index contributed by atoms with van der Waals surface area (Å²) in [6.07, 6.45) is -3.43. The standard InChI is InChI=1S/C16H21F3N2O3/c1-11-4-5-13(21-15(22)20-7-6-16(17,18)19)14(9-11)24-10-12-3-2-8-23-12/h4-5,9,12H,2-3,6-8,10H2,1H3,(H2,20,21,22)/t12-/m0/s1. The van der Waals surface area contributed by atoms with E-state index in [1.54, 1.807) is 18.2 Å². The van der Waals surface area contributed by atoms with E-state index in [0.717, 1.165) is 18.4 Å². The van der Waals surface area contributed by atoms with Crippen LogP contribution in [0.1, 0.15) is 24.8 Å². The Hall–Kier alpha value is -1.96. The lowest BCUT2D eigenvalue weighted by Gasteiger charge is -2.16. The zero-order valence-corrected chi connectivity index (χ0v) is 13.4. The molecule has 2 N–H and O–H groups in total. The highest BCUT2D eigenvalue weighted by atomic mass is 19.4. The third kappa shape index (κ3) is 6.27. The van der Waals surface area contributed by atoms with Crippen molar-refractivity contribution >= 4 is 11.7 Å². The Morgan fingerprint density at radius 3 is 2.88 bits per heavy atom. The van der Waals surface area contributed by atoms with Crippen molar-refractivity contribution in [1.29, 1.82) is 0 Å². The number of ether oxygens (including phenoxy) is 2. The minimum Gasteiger partial charge on any atom is -0.489 e. The van der Waals surface area contributed by atoms with Gasteiger partial charge in [0, 0.05) is 13.2 Å². The first kappa shape index (κ1) is 18.4. The van der Waals surface area contributed by atoms with E-state index in [-0.39, 0.29) is 6.10 Å². The molecule has 1 aliphatic heterocycles. The minimum absolute atomic E-state index is 0.0268. The normalized spacial score (nSPS) is 17.6. The average Bonchev–Trinajstić information content (AvgIpc) is 2.99. The zero-order valence-electron chi connectivity index (χ0n) is 13.4. The molecule has 1 fully saturated rings. The Bertz CT molecular complexity index is 558. The highest BCUT2D eigenvalue weighted by Crippen LogP contribution is 2.27. The van der Waals surface area contributed by atoms with Crippen LogP contribution < -0.4 is 15.4 Å². The molecule has 134 valence electrons. The summed E-state index contributed by atoms with van der Waals surface area (Å²) in [5.41, 5.74) is 1.35. The number of hydrogen-bond acceptors (Lipinski definition) is 3. The van der Waals surface area contributed by atoms with Gasteiger partial charge in [0.2, 0.25) is 0 Å². The Morgan fingerprint density at radius 2 is 2.21 bits per heavy atom. The molecule has 0 unspecified atom stereocenters. The topological polar surface area (TPSA) is 59.6 Å². The molecule has 1 heterocycles. The van der Waals surface area contributed by atoms with Crippen LogP contribution in [0, 0.1) is 6.92 Å². The summed E-state index contributed by atoms with van der Waals surface area (Å²) >= 11 is 0. The largest absolute Gasteiger partial charge is 0.489 e. The number of carbonyl (C=O) groups is 1. The lowest BCUT2D eigenvalue weighted by Crippen LogP contribution is -2.32. The molecule has 0 spiro atoms. The van der Waals surface area contributed by atoms with E-state index in [1.165, 1.54) is 0 Å². The molecule has 2 amide bonds. The molecular weight excluding hydrogens is 325 g/mol. The molecule has 1 aromatic carbocycles. The number of urea groups is 1. The van der Waals surface area contributed by atoms with E-state index in [4.69, 9.17) is 9.47 Å². The van der Waals surface area contributed by atoms with Crippen molar-refractivity contribution in [2.24, 2.45) is 0 Å². The fraction of sp³-hybridized carbons (Fsp3) is 0.562. The SMILES string of the molecule is Cc1ccc(NC(=O)NCCC(F)(F)F)c(OC[C@@H]2CCCO2)c1. The predicted molar refractivity (Wildman–Crippen MR) is 83.3 cm³/mol. The van der Waals surface area contributed by atoms with Gasteiger partial charge in [0.1, 0.15) is 12.4 Å². The molecule has 8 heteroatoms. The number of rotatable bonds is 6. The lowest BCUT2D eigenvalue weighted by molar-refractivity contribution is -0.132. The van der Waals surface area contributed by atoms with Gasteiger partial charge in [-0.2, -0.15) is 13.2 Å². The number of aryl methyl sites for hydroxylation is 1. The van der Waals surface area contributed by atoms with Gasteiger partial charge in [-0.05, 0) is 37.5 Å². The molecule has 2 rings (SSSR count). The van der Waals surface area contributed by atoms with Crippen LogP contribution in [0.4, 0.5) is 23.7 Å². The summed E-state index contributed by atoms with van der Waals surface area (Å²) in [5.74, 6) is 0.469. The molecule has 0 saturated carbocycles. The Labute approximate surface area is 138 Å². The summed E-state index contributed by atoms with van der Waals surface area (Å²) in [6, 6.07) is 4.50. The van der Waals surface area contributed by atoms with Crippen LogP contribution >= 0.6 is 0 Å². The van der Waals surface area contributed by atoms with Gasteiger partial charge in [-0.25, -0.2) is 4.79 Å². The first-order valence-electron chi connectivity index (χ1n) is 7.80. The molecule has 1 atom stereocenters. The lowest BCUT2D eigenvalue weighted by atomic mass is 10.2. The van der Waals surface area contributed by atoms with Crippen LogP contribution in [0.3, 0.4) is 0 Å². The number of anilines is 1. The highest BCUT2D eigenvalue weighted by Gasteiger charge is 2.26. The molecule has 24 heavy (non-hydrogen) atoms. The Balaban J connectivity index is 1.89. The van der Waals surface area contributed by atoms with Crippen molar-refractivity contribution in [2.75, 3.05) is 25.1 Å². The smallest absolute Gasteiger partial charge is 0.390 e. The quantitative estimate of drug-likeness (QED) is 0.827. The average molecular weight is 346 g/mol. The minimum atomic E-state index is -4.30. The summed E-state index contributed by atoms with van der Waals surface area (Å²) in [6.45, 7) is 2.49. The van der Waals surface area contributed by atoms with Gasteiger partial charge in [-0.15, -0.1) is 0 Å². The third-order valence-corrected chi connectivity index (χ3v) is 3.53. The van der Waals surface area contributed by atoms with Crippen molar-refractivity contribution in [3.8, 4) is 5.75 Å². The Kier molecular flexibility index (Phi) is 6.30. The van der Waals surface area contributed by atoms with Crippen molar-refractivity contribution in [3.63, 3.8) is 0 Å². The first-order valence-corrected chi connectivity index (χ1v) is 7.80. The van der Waals surface area contributed by atoms with E-state index in [0.29, 0.717) is 24.7 Å². The monoisotopic (exact) mass is 346 g/mol. The maximum absolute atomic E-state index is 12.1. The van der Waals surface area contributed by atoms with Crippen LogP contribution in [-0.2, 0) is 4.74 Å². The number of benzene rings is 1. The summed E-state index contributed by atoms with van der Waals surface area (Å²) < 4.78 is 47.5. The van der Waals surface area contributed by atoms with Gasteiger partial charge in [-0.3, -0.25) is 0 Å². The summed E-state index contributed by atoms with van der Waals surface area (Å²) in [7, 11) is 0. The molecular formula is C16H21F3N2O3. The second-order valence-electron chi connectivity index (χ2n) is 5.69. The maximum atomic E-state index is 12.1. The second-order valence-corrected chi connectivity index (χ2v) is 5.69. The van der Waals surface area contributed by atoms with Crippen LogP contribution in [-0.4, -0.2) is 38.1 Å². The molecule has 1 saturated heterocycles. The van der Waals surface area contributed by atoms with Gasteiger partial charge in [0.05, 0.1) is 18.2 Å². The zero-order chi connectivity index (χ0) is 17.6. The van der Waals surface area contributed by atoms with Crippen LogP contribution in [0.25, 0.3) is 0 Å². The van der Waals surface area contributed by atoms with Crippen LogP contribution in [0.15, 0.2) is 18.2 Å². The Morgan fingerprint density at radius 1 is 1.42 bits per heavy atom. The fourth-order valence-corrected chi connectivity index (χ4v) is 2.30. The van der Waals surface area contributed by atoms with Gasteiger partial charge in [0.15, 0.2) is 0 Å². The number of halogens is 3. The molecule has 1 aromatic rings. The maximum Gasteiger partial charge on any atom is 0.390 e. The van der Waals surface area contributed by atoms with E-state index in [1.807, 2.05) is 6.92 Å². The van der Waals surface area contributed by atoms with Crippen molar-refractivity contribution < 1.29 is 27.4 Å². The van der Waals surface area contributed by atoms with Crippen molar-refractivity contribution in [1.82, 2.24) is 5.32 Å². The second kappa shape index (κ2) is 8.23. The van der Waals surface area contributed by atoms with E-state index < -0.39 is 25.2 Å². The van der Waals surface area contributed by atoms with Gasteiger partial charge < -0.3 is 20.1 Å². The van der Waals surface area contributed by atoms with E-state index in [9.17, 15) is 18.0 Å². The molecule has 1 aliphatic rings. The molecule has 0 aromatic heterocycles. The predicted octanol–water partition coefficient (Wildman–Crippen LogP) is 3.63. The van der Waals surface area contributed by atoms with Crippen molar-refractivity contribution in [3.05, 3.63) is 23.8 Å². The van der Waals surface area contributed by atoms with E-state index >= 15 is 0 Å². The summed E-state index contributed by atoms with van der Waals surface area (Å²) in [5, 5.41) is 4.69. The number of hydrogen-bond donors (Lipinski definition) is 2. The van der Waals surface area contributed by atoms with Gasteiger partial charge in [-0.1, -0.05) is 6.07 Å². The van der Waals surface area contributed by atoms with E-state index in [2.05, 4.69) is 10.6 Å². The number of nitrogens with one attached hydrogen (secondary N) is 2. The number of alkyl halides is 3. The number of amides is 2. The number of carbonyl (C=O) groups excluding carboxylic acids is 1. The van der Waals surface area contributed by atoms with Gasteiger partial charge in [0.25, 0.3) is 0 Å². The van der Waals surface area contributed by atoms with Crippen LogP contribution in [0.2, 0.25) is 0 Å². The first-order chi connectivity index (χ1) is 11.3. The summed E-state index contributed by atoms with van der Waals surface area (Å²) in [4.78, 5) is 11.7. The molecule has 5 nitrogen and oxygen atoms in total. The van der Waals surface area contributed by atoms with Gasteiger partial charge >= 0.3 is 12.2 Å². The van der Waals surface area contributed by atoms with Crippen LogP contribution in [0.5, 0.6) is 5.75 Å². The highest BCUT2D eigenvalue weighted by molar-refractivity contribution is 5.90. The molecule has 0 bridgehead atoms. The van der Waals surface area contributed by atoms with Crippen molar-refractivity contribution in [2.45, 2.75) is 38.5 Å². The molecule has 0 radical (unpaired) electrons. The third-order valence-electron chi connectivity index (χ3n) is 3.53. The fourth-order valence-electron chi connectivity index (χ4n) is 2.30. The molecule has 0 aliphatic carbocycles.